The normalized spacial score (nSPS) is 11.6. The van der Waals surface area contributed by atoms with Crippen LogP contribution in [0.4, 0.5) is 5.69 Å². The van der Waals surface area contributed by atoms with E-state index in [0.29, 0.717) is 12.2 Å². The van der Waals surface area contributed by atoms with Gasteiger partial charge in [-0.25, -0.2) is 0 Å². The van der Waals surface area contributed by atoms with Crippen LogP contribution in [0.3, 0.4) is 0 Å². The molecule has 21 heavy (non-hydrogen) atoms. The van der Waals surface area contributed by atoms with Crippen molar-refractivity contribution in [2.24, 2.45) is 0 Å². The molecule has 0 bridgehead atoms. The fourth-order valence-electron chi connectivity index (χ4n) is 1.87. The minimum atomic E-state index is -0.124. The lowest BCUT2D eigenvalue weighted by atomic mass is 10.1. The Labute approximate surface area is 127 Å². The van der Waals surface area contributed by atoms with Crippen molar-refractivity contribution in [3.63, 3.8) is 0 Å². The Morgan fingerprint density at radius 2 is 2.14 bits per heavy atom. The summed E-state index contributed by atoms with van der Waals surface area (Å²) >= 11 is 1.16. The third kappa shape index (κ3) is 3.81. The molecular formula is C14H20N4O2S. The number of carbonyl (C=O) groups is 1. The lowest BCUT2D eigenvalue weighted by molar-refractivity contribution is -0.116. The largest absolute Gasteiger partial charge is 0.323 e. The summed E-state index contributed by atoms with van der Waals surface area (Å²) in [6.45, 7) is 8.38. The van der Waals surface area contributed by atoms with Crippen LogP contribution in [0.5, 0.6) is 0 Å². The van der Waals surface area contributed by atoms with E-state index in [0.717, 1.165) is 17.0 Å². The number of carbonyl (C=O) groups excluding carboxylic acids is 1. The summed E-state index contributed by atoms with van der Waals surface area (Å²) in [5.41, 5.74) is 1.44. The predicted octanol–water partition coefficient (Wildman–Crippen LogP) is 2.20. The first-order valence-electron chi connectivity index (χ1n) is 6.77. The molecule has 7 heteroatoms. The Morgan fingerprint density at radius 3 is 2.67 bits per heavy atom. The van der Waals surface area contributed by atoms with Crippen LogP contribution in [0.2, 0.25) is 0 Å². The number of hydrogen-bond acceptors (Lipinski definition) is 4. The van der Waals surface area contributed by atoms with Crippen LogP contribution in [0.25, 0.3) is 0 Å². The minimum Gasteiger partial charge on any atom is -0.323 e. The molecule has 1 N–H and O–H groups in total. The molecule has 0 fully saturated rings. The molecule has 0 aliphatic rings. The molecule has 1 amide bonds. The number of hydrogen-bond donors (Lipinski definition) is 1. The fraction of sp³-hybridized carbons (Fsp3) is 0.500. The molecule has 0 radical (unpaired) electrons. The topological polar surface area (TPSA) is 68.9 Å². The number of aromatic nitrogens is 3. The molecule has 2 aromatic heterocycles. The molecule has 2 aromatic rings. The van der Waals surface area contributed by atoms with Crippen LogP contribution in [0.15, 0.2) is 22.6 Å². The first kappa shape index (κ1) is 15.5. The van der Waals surface area contributed by atoms with Gasteiger partial charge >= 0.3 is 4.87 Å². The van der Waals surface area contributed by atoms with Gasteiger partial charge in [-0.3, -0.25) is 14.3 Å². The Kier molecular flexibility index (Phi) is 4.32. The molecule has 0 spiro atoms. The van der Waals surface area contributed by atoms with E-state index >= 15 is 0 Å². The molecular weight excluding hydrogens is 288 g/mol. The number of amides is 1. The van der Waals surface area contributed by atoms with Gasteiger partial charge in [0.15, 0.2) is 0 Å². The average molecular weight is 308 g/mol. The van der Waals surface area contributed by atoms with Gasteiger partial charge in [-0.15, -0.1) is 0 Å². The van der Waals surface area contributed by atoms with Crippen LogP contribution in [-0.4, -0.2) is 20.3 Å². The van der Waals surface area contributed by atoms with Crippen molar-refractivity contribution < 1.29 is 4.79 Å². The summed E-state index contributed by atoms with van der Waals surface area (Å²) < 4.78 is 3.42. The van der Waals surface area contributed by atoms with Gasteiger partial charge in [0.05, 0.1) is 17.4 Å². The number of nitrogens with one attached hydrogen (secondary N) is 1. The van der Waals surface area contributed by atoms with E-state index in [1.54, 1.807) is 27.0 Å². The Balaban J connectivity index is 1.93. The van der Waals surface area contributed by atoms with E-state index in [2.05, 4.69) is 10.4 Å². The summed E-state index contributed by atoms with van der Waals surface area (Å²) in [6, 6.07) is 0. The molecule has 0 atom stereocenters. The second kappa shape index (κ2) is 5.85. The van der Waals surface area contributed by atoms with Gasteiger partial charge in [0.1, 0.15) is 0 Å². The second-order valence-corrected chi connectivity index (χ2v) is 6.76. The standard InChI is InChI=1S/C14H20N4O2S/c1-10-9-21-13(20)17(10)6-5-12(19)16-11-7-15-18(8-11)14(2,3)4/h7-9H,5-6H2,1-4H3,(H,16,19). The first-order chi connectivity index (χ1) is 9.77. The van der Waals surface area contributed by atoms with Crippen molar-refractivity contribution in [1.82, 2.24) is 14.3 Å². The maximum atomic E-state index is 11.9. The lowest BCUT2D eigenvalue weighted by Gasteiger charge is -2.18. The molecule has 114 valence electrons. The predicted molar refractivity (Wildman–Crippen MR) is 83.8 cm³/mol. The Morgan fingerprint density at radius 1 is 1.43 bits per heavy atom. The van der Waals surface area contributed by atoms with Crippen molar-refractivity contribution in [1.29, 1.82) is 0 Å². The van der Waals surface area contributed by atoms with Crippen LogP contribution < -0.4 is 10.2 Å². The average Bonchev–Trinajstić information content (AvgIpc) is 2.95. The number of thiazole rings is 1. The first-order valence-corrected chi connectivity index (χ1v) is 7.65. The van der Waals surface area contributed by atoms with Gasteiger partial charge in [0, 0.05) is 30.2 Å². The maximum absolute atomic E-state index is 11.9. The van der Waals surface area contributed by atoms with E-state index in [1.807, 2.05) is 27.7 Å². The van der Waals surface area contributed by atoms with Gasteiger partial charge < -0.3 is 9.88 Å². The highest BCUT2D eigenvalue weighted by Gasteiger charge is 2.15. The summed E-state index contributed by atoms with van der Waals surface area (Å²) in [4.78, 5) is 23.5. The highest BCUT2D eigenvalue weighted by molar-refractivity contribution is 7.07. The highest BCUT2D eigenvalue weighted by atomic mass is 32.1. The summed E-state index contributed by atoms with van der Waals surface area (Å²) in [6.07, 6.45) is 3.70. The Bertz CT molecular complexity index is 690. The third-order valence-electron chi connectivity index (χ3n) is 3.09. The molecule has 6 nitrogen and oxygen atoms in total. The van der Waals surface area contributed by atoms with Crippen molar-refractivity contribution in [3.05, 3.63) is 33.1 Å². The summed E-state index contributed by atoms with van der Waals surface area (Å²) in [5, 5.41) is 8.83. The maximum Gasteiger partial charge on any atom is 0.307 e. The van der Waals surface area contributed by atoms with Crippen LogP contribution in [-0.2, 0) is 16.9 Å². The number of aryl methyl sites for hydroxylation is 1. The highest BCUT2D eigenvalue weighted by Crippen LogP contribution is 2.15. The zero-order chi connectivity index (χ0) is 15.6. The molecule has 0 saturated heterocycles. The molecule has 2 rings (SSSR count). The van der Waals surface area contributed by atoms with Crippen LogP contribution >= 0.6 is 11.3 Å². The fourth-order valence-corrected chi connectivity index (χ4v) is 2.63. The third-order valence-corrected chi connectivity index (χ3v) is 3.97. The van der Waals surface area contributed by atoms with Gasteiger partial charge in [0.2, 0.25) is 5.91 Å². The number of rotatable bonds is 4. The minimum absolute atomic E-state index is 0.0270. The molecule has 0 unspecified atom stereocenters. The zero-order valence-corrected chi connectivity index (χ0v) is 13.5. The van der Waals surface area contributed by atoms with Crippen molar-refractivity contribution >= 4 is 22.9 Å². The quantitative estimate of drug-likeness (QED) is 0.941. The van der Waals surface area contributed by atoms with E-state index in [1.165, 1.54) is 0 Å². The number of nitrogens with zero attached hydrogens (tertiary/aromatic N) is 3. The van der Waals surface area contributed by atoms with Gasteiger partial charge in [0.25, 0.3) is 0 Å². The van der Waals surface area contributed by atoms with Crippen molar-refractivity contribution in [2.75, 3.05) is 5.32 Å². The summed E-state index contributed by atoms with van der Waals surface area (Å²) in [5.74, 6) is -0.124. The molecule has 0 aliphatic heterocycles. The van der Waals surface area contributed by atoms with E-state index < -0.39 is 0 Å². The lowest BCUT2D eigenvalue weighted by Crippen LogP contribution is -2.22. The van der Waals surface area contributed by atoms with E-state index in [-0.39, 0.29) is 22.7 Å². The smallest absolute Gasteiger partial charge is 0.307 e. The molecule has 0 aromatic carbocycles. The van der Waals surface area contributed by atoms with E-state index in [4.69, 9.17) is 0 Å². The molecule has 0 saturated carbocycles. The SMILES string of the molecule is Cc1csc(=O)n1CCC(=O)Nc1cnn(C(C)(C)C)c1. The van der Waals surface area contributed by atoms with Crippen LogP contribution in [0.1, 0.15) is 32.9 Å². The van der Waals surface area contributed by atoms with Crippen molar-refractivity contribution in [2.45, 2.75) is 46.2 Å². The Hall–Kier alpha value is -1.89. The molecule has 2 heterocycles. The van der Waals surface area contributed by atoms with Gasteiger partial charge in [-0.05, 0) is 27.7 Å². The van der Waals surface area contributed by atoms with Gasteiger partial charge in [-0.1, -0.05) is 11.3 Å². The van der Waals surface area contributed by atoms with Gasteiger partial charge in [-0.2, -0.15) is 5.10 Å². The zero-order valence-electron chi connectivity index (χ0n) is 12.7. The van der Waals surface area contributed by atoms with E-state index in [9.17, 15) is 9.59 Å². The molecule has 0 aliphatic carbocycles. The summed E-state index contributed by atoms with van der Waals surface area (Å²) in [7, 11) is 0. The second-order valence-electron chi connectivity index (χ2n) is 5.94. The number of anilines is 1. The monoisotopic (exact) mass is 308 g/mol. The van der Waals surface area contributed by atoms with Crippen LogP contribution in [0, 0.1) is 6.92 Å². The van der Waals surface area contributed by atoms with Crippen molar-refractivity contribution in [3.8, 4) is 0 Å².